The fraction of sp³-hybridized carbons (Fsp3) is 0.241. The Hall–Kier alpha value is -3.74. The number of aromatic hydroxyl groups is 2. The normalized spacial score (nSPS) is 17.1. The Labute approximate surface area is 204 Å². The molecule has 2 aliphatic rings. The molecular weight excluding hydrogens is 440 g/mol. The van der Waals surface area contributed by atoms with Crippen LogP contribution in [0.1, 0.15) is 11.1 Å². The predicted molar refractivity (Wildman–Crippen MR) is 137 cm³/mol. The van der Waals surface area contributed by atoms with Gasteiger partial charge in [-0.25, -0.2) is 0 Å². The molecule has 0 atom stereocenters. The minimum atomic E-state index is -0.00723. The number of ether oxygens (including phenoxy) is 2. The van der Waals surface area contributed by atoms with E-state index in [2.05, 4.69) is 64.1 Å². The molecule has 0 amide bonds. The Morgan fingerprint density at radius 3 is 2.49 bits per heavy atom. The average Bonchev–Trinajstić information content (AvgIpc) is 3.43. The van der Waals surface area contributed by atoms with E-state index in [1.165, 1.54) is 11.6 Å². The number of phenols is 2. The summed E-state index contributed by atoms with van der Waals surface area (Å²) in [6.07, 6.45) is 2.56. The monoisotopic (exact) mass is 468 g/mol. The van der Waals surface area contributed by atoms with Crippen LogP contribution in [-0.4, -0.2) is 52.5 Å². The summed E-state index contributed by atoms with van der Waals surface area (Å²) < 4.78 is 14.0. The molecule has 1 saturated heterocycles. The zero-order valence-electron chi connectivity index (χ0n) is 19.5. The highest BCUT2D eigenvalue weighted by Crippen LogP contribution is 2.42. The van der Waals surface area contributed by atoms with E-state index in [1.54, 1.807) is 6.07 Å². The fourth-order valence-corrected chi connectivity index (χ4v) is 5.16. The highest BCUT2D eigenvalue weighted by Gasteiger charge is 2.25. The lowest BCUT2D eigenvalue weighted by Crippen LogP contribution is -2.38. The van der Waals surface area contributed by atoms with Crippen LogP contribution < -0.4 is 4.74 Å². The topological polar surface area (TPSA) is 67.1 Å². The maximum atomic E-state index is 10.3. The second kappa shape index (κ2) is 9.13. The molecular formula is C29H28N2O4. The number of para-hydroxylation sites is 1. The lowest BCUT2D eigenvalue weighted by molar-refractivity contribution is 0.0366. The lowest BCUT2D eigenvalue weighted by Gasteiger charge is -2.27. The van der Waals surface area contributed by atoms with Gasteiger partial charge in [-0.05, 0) is 17.7 Å². The van der Waals surface area contributed by atoms with E-state index in [4.69, 9.17) is 9.47 Å². The first-order valence-electron chi connectivity index (χ1n) is 12.1. The van der Waals surface area contributed by atoms with Crippen molar-refractivity contribution >= 4 is 17.0 Å². The molecule has 6 nitrogen and oxygen atoms in total. The maximum absolute atomic E-state index is 10.3. The zero-order valence-corrected chi connectivity index (χ0v) is 19.5. The summed E-state index contributed by atoms with van der Waals surface area (Å²) in [6.45, 7) is 5.31. The Morgan fingerprint density at radius 1 is 0.886 bits per heavy atom. The van der Waals surface area contributed by atoms with E-state index in [9.17, 15) is 10.2 Å². The number of morpholine rings is 1. The molecule has 4 aromatic rings. The van der Waals surface area contributed by atoms with Crippen molar-refractivity contribution in [1.82, 2.24) is 9.47 Å². The number of rotatable bonds is 5. The van der Waals surface area contributed by atoms with Crippen molar-refractivity contribution in [3.63, 3.8) is 0 Å². The van der Waals surface area contributed by atoms with Gasteiger partial charge in [0.2, 0.25) is 0 Å². The molecule has 6 heteroatoms. The van der Waals surface area contributed by atoms with Gasteiger partial charge in [0.05, 0.1) is 18.9 Å². The summed E-state index contributed by atoms with van der Waals surface area (Å²) in [5, 5.41) is 21.4. The molecule has 2 aliphatic heterocycles. The van der Waals surface area contributed by atoms with Crippen molar-refractivity contribution in [3.8, 4) is 28.5 Å². The van der Waals surface area contributed by atoms with Gasteiger partial charge in [-0.15, -0.1) is 0 Å². The zero-order chi connectivity index (χ0) is 23.8. The average molecular weight is 469 g/mol. The summed E-state index contributed by atoms with van der Waals surface area (Å²) in [6, 6.07) is 21.9. The molecule has 6 rings (SSSR count). The van der Waals surface area contributed by atoms with Crippen LogP contribution in [0.3, 0.4) is 0 Å². The van der Waals surface area contributed by atoms with Gasteiger partial charge < -0.3 is 24.3 Å². The van der Waals surface area contributed by atoms with E-state index in [-0.39, 0.29) is 11.5 Å². The Balaban J connectivity index is 1.46. The first kappa shape index (κ1) is 21.8. The van der Waals surface area contributed by atoms with E-state index in [1.807, 2.05) is 6.07 Å². The summed E-state index contributed by atoms with van der Waals surface area (Å²) in [5.41, 5.74) is 5.28. The molecule has 0 bridgehead atoms. The molecule has 35 heavy (non-hydrogen) atoms. The van der Waals surface area contributed by atoms with E-state index in [0.29, 0.717) is 17.7 Å². The van der Waals surface area contributed by atoms with Gasteiger partial charge in [-0.1, -0.05) is 48.5 Å². The van der Waals surface area contributed by atoms with Crippen LogP contribution in [0.15, 0.2) is 72.5 Å². The second-order valence-corrected chi connectivity index (χ2v) is 9.08. The molecule has 178 valence electrons. The molecule has 1 fully saturated rings. The number of phenolic OH excluding ortho intramolecular Hbond substituents is 2. The summed E-state index contributed by atoms with van der Waals surface area (Å²) in [7, 11) is 0. The first-order chi connectivity index (χ1) is 17.2. The number of nitrogens with zero attached hydrogens (tertiary/aromatic N) is 2. The number of hydrogen-bond acceptors (Lipinski definition) is 5. The summed E-state index contributed by atoms with van der Waals surface area (Å²) in [4.78, 5) is 2.46. The third-order valence-electron chi connectivity index (χ3n) is 6.87. The van der Waals surface area contributed by atoms with Crippen molar-refractivity contribution in [3.05, 3.63) is 83.6 Å². The van der Waals surface area contributed by atoms with Gasteiger partial charge in [-0.2, -0.15) is 0 Å². The highest BCUT2D eigenvalue weighted by molar-refractivity contribution is 5.98. The predicted octanol–water partition coefficient (Wildman–Crippen LogP) is 5.03. The van der Waals surface area contributed by atoms with Gasteiger partial charge in [0.25, 0.3) is 0 Å². The van der Waals surface area contributed by atoms with Crippen LogP contribution in [0.5, 0.6) is 17.2 Å². The number of allylic oxidation sites excluding steroid dienone is 1. The molecule has 0 aliphatic carbocycles. The SMILES string of the molecule is Oc1cc(O)c2c(c1)OC(=Cc1c(-c3ccccc3)n(CCN3CCOCC3)c3ccccc13)C2. The van der Waals surface area contributed by atoms with Crippen LogP contribution in [0.2, 0.25) is 0 Å². The van der Waals surface area contributed by atoms with Crippen molar-refractivity contribution in [2.24, 2.45) is 0 Å². The fourth-order valence-electron chi connectivity index (χ4n) is 5.16. The van der Waals surface area contributed by atoms with Gasteiger partial charge >= 0.3 is 0 Å². The lowest BCUT2D eigenvalue weighted by atomic mass is 10.0. The van der Waals surface area contributed by atoms with E-state index in [0.717, 1.165) is 67.4 Å². The van der Waals surface area contributed by atoms with Crippen LogP contribution in [0.25, 0.3) is 28.2 Å². The van der Waals surface area contributed by atoms with E-state index >= 15 is 0 Å². The number of benzene rings is 3. The van der Waals surface area contributed by atoms with Crippen LogP contribution in [0, 0.1) is 0 Å². The van der Waals surface area contributed by atoms with Crippen LogP contribution in [0.4, 0.5) is 0 Å². The molecule has 0 spiro atoms. The Morgan fingerprint density at radius 2 is 1.66 bits per heavy atom. The van der Waals surface area contributed by atoms with Gasteiger partial charge in [0.1, 0.15) is 23.0 Å². The van der Waals surface area contributed by atoms with Crippen molar-refractivity contribution < 1.29 is 19.7 Å². The molecule has 0 unspecified atom stereocenters. The second-order valence-electron chi connectivity index (χ2n) is 9.08. The summed E-state index contributed by atoms with van der Waals surface area (Å²) in [5.74, 6) is 1.30. The van der Waals surface area contributed by atoms with Crippen LogP contribution >= 0.6 is 0 Å². The molecule has 2 N–H and O–H groups in total. The van der Waals surface area contributed by atoms with Gasteiger partial charge in [0, 0.05) is 66.8 Å². The molecule has 1 aromatic heterocycles. The minimum absolute atomic E-state index is 0.00723. The largest absolute Gasteiger partial charge is 0.508 e. The van der Waals surface area contributed by atoms with Crippen molar-refractivity contribution in [2.45, 2.75) is 13.0 Å². The van der Waals surface area contributed by atoms with Gasteiger partial charge in [-0.3, -0.25) is 4.90 Å². The first-order valence-corrected chi connectivity index (χ1v) is 12.1. The van der Waals surface area contributed by atoms with E-state index < -0.39 is 0 Å². The highest BCUT2D eigenvalue weighted by atomic mass is 16.5. The minimum Gasteiger partial charge on any atom is -0.508 e. The van der Waals surface area contributed by atoms with Crippen molar-refractivity contribution in [1.29, 1.82) is 0 Å². The van der Waals surface area contributed by atoms with Gasteiger partial charge in [0.15, 0.2) is 0 Å². The third kappa shape index (κ3) is 4.16. The summed E-state index contributed by atoms with van der Waals surface area (Å²) >= 11 is 0. The molecule has 3 aromatic carbocycles. The molecule has 0 radical (unpaired) electrons. The number of fused-ring (bicyclic) bond motifs is 2. The van der Waals surface area contributed by atoms with Crippen LogP contribution in [-0.2, 0) is 17.7 Å². The molecule has 0 saturated carbocycles. The number of aromatic nitrogens is 1. The third-order valence-corrected chi connectivity index (χ3v) is 6.87. The molecule has 3 heterocycles. The smallest absolute Gasteiger partial charge is 0.137 e. The van der Waals surface area contributed by atoms with Crippen molar-refractivity contribution in [2.75, 3.05) is 32.8 Å². The quantitative estimate of drug-likeness (QED) is 0.430. The standard InChI is InChI=1S/C29H28N2O4/c32-21-16-27(33)25-19-22(35-28(25)17-21)18-24-23-8-4-5-9-26(23)31(11-10-30-12-14-34-15-13-30)29(24)20-6-2-1-3-7-20/h1-9,16-18,32-33H,10-15,19H2. The maximum Gasteiger partial charge on any atom is 0.137 e. The Bertz CT molecular complexity index is 1400. The number of hydrogen-bond donors (Lipinski definition) is 2. The Kier molecular flexibility index (Phi) is 5.68.